The lowest BCUT2D eigenvalue weighted by atomic mass is 9.88. The minimum atomic E-state index is -1.02. The van der Waals surface area contributed by atoms with E-state index in [1.807, 2.05) is 13.8 Å². The van der Waals surface area contributed by atoms with Crippen LogP contribution in [0.2, 0.25) is 0 Å². The smallest absolute Gasteiger partial charge is 0.305 e. The summed E-state index contributed by atoms with van der Waals surface area (Å²) in [4.78, 5) is 60.6. The summed E-state index contributed by atoms with van der Waals surface area (Å²) in [6, 6.07) is -0.608. The van der Waals surface area contributed by atoms with Crippen LogP contribution >= 0.6 is 0 Å². The monoisotopic (exact) mass is 602 g/mol. The van der Waals surface area contributed by atoms with E-state index < -0.39 is 29.0 Å². The lowest BCUT2D eigenvalue weighted by molar-refractivity contribution is -0.138. The standard InChI is InChI=1S/C26H46N6O10/c1-25(2,10-16-42-26(3,4)9-13-30-32-27)24(39)31-19(17-40-14-7-20(33)28-11-5-22(35)36)18-41-15-8-21(34)29-12-6-23(37)38/h19H,5-18H2,1-4H3,(H,28,33)(H,29,34)(H,31,39)(H,35,36)(H,37,38). The van der Waals surface area contributed by atoms with Gasteiger partial charge in [-0.2, -0.15) is 0 Å². The van der Waals surface area contributed by atoms with Crippen LogP contribution in [-0.2, 0) is 38.2 Å². The highest BCUT2D eigenvalue weighted by atomic mass is 16.5. The second kappa shape index (κ2) is 21.3. The summed E-state index contributed by atoms with van der Waals surface area (Å²) in [5.41, 5.74) is 7.08. The fourth-order valence-corrected chi connectivity index (χ4v) is 3.22. The van der Waals surface area contributed by atoms with Gasteiger partial charge in [0.15, 0.2) is 0 Å². The molecule has 0 unspecified atom stereocenters. The number of nitrogens with one attached hydrogen (secondary N) is 3. The Hall–Kier alpha value is -3.46. The van der Waals surface area contributed by atoms with Crippen molar-refractivity contribution in [2.24, 2.45) is 10.5 Å². The van der Waals surface area contributed by atoms with E-state index in [1.165, 1.54) is 0 Å². The number of nitrogens with zero attached hydrogens (tertiary/aromatic N) is 3. The maximum Gasteiger partial charge on any atom is 0.305 e. The number of azide groups is 1. The highest BCUT2D eigenvalue weighted by molar-refractivity contribution is 5.82. The van der Waals surface area contributed by atoms with Crippen LogP contribution in [0.15, 0.2) is 5.11 Å². The van der Waals surface area contributed by atoms with Gasteiger partial charge in [0.05, 0.1) is 50.9 Å². The molecule has 16 heteroatoms. The molecule has 0 bridgehead atoms. The van der Waals surface area contributed by atoms with Gasteiger partial charge in [-0.25, -0.2) is 0 Å². The molecule has 0 aromatic heterocycles. The maximum atomic E-state index is 13.1. The highest BCUT2D eigenvalue weighted by Gasteiger charge is 2.30. The number of hydrogen-bond acceptors (Lipinski definition) is 9. The number of carboxylic acid groups (broad SMARTS) is 2. The molecule has 16 nitrogen and oxygen atoms in total. The quantitative estimate of drug-likeness (QED) is 0.0435. The zero-order valence-electron chi connectivity index (χ0n) is 25.0. The molecule has 0 aliphatic carbocycles. The van der Waals surface area contributed by atoms with E-state index >= 15 is 0 Å². The Labute approximate surface area is 245 Å². The van der Waals surface area contributed by atoms with Crippen molar-refractivity contribution in [1.29, 1.82) is 0 Å². The van der Waals surface area contributed by atoms with Crippen molar-refractivity contribution in [3.63, 3.8) is 0 Å². The first kappa shape index (κ1) is 38.5. The topological polar surface area (TPSA) is 238 Å². The summed E-state index contributed by atoms with van der Waals surface area (Å²) in [6.45, 7) is 7.95. The largest absolute Gasteiger partial charge is 0.481 e. The first-order valence-electron chi connectivity index (χ1n) is 13.8. The third-order valence-corrected chi connectivity index (χ3v) is 5.95. The van der Waals surface area contributed by atoms with Crippen LogP contribution in [0.25, 0.3) is 10.4 Å². The first-order valence-corrected chi connectivity index (χ1v) is 13.8. The molecule has 0 aliphatic heterocycles. The predicted molar refractivity (Wildman–Crippen MR) is 150 cm³/mol. The lowest BCUT2D eigenvalue weighted by Gasteiger charge is -2.30. The molecule has 0 aromatic carbocycles. The zero-order chi connectivity index (χ0) is 32.0. The summed E-state index contributed by atoms with van der Waals surface area (Å²) in [7, 11) is 0. The van der Waals surface area contributed by atoms with Crippen molar-refractivity contribution < 1.29 is 48.4 Å². The zero-order valence-corrected chi connectivity index (χ0v) is 25.0. The fourth-order valence-electron chi connectivity index (χ4n) is 3.22. The van der Waals surface area contributed by atoms with E-state index in [4.69, 9.17) is 30.0 Å². The van der Waals surface area contributed by atoms with Gasteiger partial charge in [0.25, 0.3) is 0 Å². The Kier molecular flexibility index (Phi) is 19.5. The van der Waals surface area contributed by atoms with Crippen LogP contribution in [0, 0.1) is 5.41 Å². The van der Waals surface area contributed by atoms with Crippen molar-refractivity contribution in [3.05, 3.63) is 10.4 Å². The normalized spacial score (nSPS) is 11.5. The first-order chi connectivity index (χ1) is 19.7. The van der Waals surface area contributed by atoms with Gasteiger partial charge < -0.3 is 40.4 Å². The van der Waals surface area contributed by atoms with Gasteiger partial charge in [0.2, 0.25) is 17.7 Å². The Morgan fingerprint density at radius 3 is 1.76 bits per heavy atom. The average Bonchev–Trinajstić information content (AvgIpc) is 2.88. The number of ether oxygens (including phenoxy) is 3. The van der Waals surface area contributed by atoms with E-state index in [0.29, 0.717) is 19.4 Å². The molecule has 0 saturated carbocycles. The second-order valence-electron chi connectivity index (χ2n) is 10.8. The van der Waals surface area contributed by atoms with Gasteiger partial charge in [-0.1, -0.05) is 19.0 Å². The molecule has 0 radical (unpaired) electrons. The molecule has 240 valence electrons. The van der Waals surface area contributed by atoms with Crippen molar-refractivity contribution in [3.8, 4) is 0 Å². The number of carbonyl (C=O) groups excluding carboxylic acids is 3. The Balaban J connectivity index is 4.86. The van der Waals surface area contributed by atoms with Crippen LogP contribution < -0.4 is 16.0 Å². The highest BCUT2D eigenvalue weighted by Crippen LogP contribution is 2.23. The molecule has 5 N–H and O–H groups in total. The fraction of sp³-hybridized carbons (Fsp3) is 0.808. The van der Waals surface area contributed by atoms with Crippen molar-refractivity contribution in [2.45, 2.75) is 77.9 Å². The van der Waals surface area contributed by atoms with E-state index in [-0.39, 0.29) is 89.5 Å². The summed E-state index contributed by atoms with van der Waals surface area (Å²) < 4.78 is 17.0. The van der Waals surface area contributed by atoms with Crippen molar-refractivity contribution in [2.75, 3.05) is 52.7 Å². The molecule has 0 heterocycles. The van der Waals surface area contributed by atoms with Gasteiger partial charge in [-0.15, -0.1) is 0 Å². The minimum Gasteiger partial charge on any atom is -0.481 e. The maximum absolute atomic E-state index is 13.1. The molecular formula is C26H46N6O10. The molecule has 0 saturated heterocycles. The van der Waals surface area contributed by atoms with Gasteiger partial charge in [-0.3, -0.25) is 24.0 Å². The van der Waals surface area contributed by atoms with Gasteiger partial charge in [-0.05, 0) is 32.2 Å². The van der Waals surface area contributed by atoms with Gasteiger partial charge in [0.1, 0.15) is 0 Å². The number of carboxylic acids is 2. The Morgan fingerprint density at radius 1 is 0.810 bits per heavy atom. The van der Waals surface area contributed by atoms with Crippen LogP contribution in [0.3, 0.4) is 0 Å². The molecular weight excluding hydrogens is 556 g/mol. The summed E-state index contributed by atoms with van der Waals surface area (Å²) in [5.74, 6) is -3.07. The lowest BCUT2D eigenvalue weighted by Crippen LogP contribution is -2.47. The van der Waals surface area contributed by atoms with Crippen LogP contribution in [0.1, 0.15) is 66.2 Å². The van der Waals surface area contributed by atoms with E-state index in [0.717, 1.165) is 0 Å². The van der Waals surface area contributed by atoms with Gasteiger partial charge >= 0.3 is 11.9 Å². The molecule has 3 amide bonds. The van der Waals surface area contributed by atoms with E-state index in [1.54, 1.807) is 13.8 Å². The molecule has 0 atom stereocenters. The van der Waals surface area contributed by atoms with Crippen molar-refractivity contribution >= 4 is 29.7 Å². The van der Waals surface area contributed by atoms with E-state index in [9.17, 15) is 24.0 Å². The average molecular weight is 603 g/mol. The number of aliphatic carboxylic acids is 2. The number of hydrogen-bond donors (Lipinski definition) is 5. The number of carbonyl (C=O) groups is 5. The van der Waals surface area contributed by atoms with Crippen molar-refractivity contribution in [1.82, 2.24) is 16.0 Å². The van der Waals surface area contributed by atoms with E-state index in [2.05, 4.69) is 26.0 Å². The molecule has 0 rings (SSSR count). The third kappa shape index (κ3) is 21.3. The van der Waals surface area contributed by atoms with Crippen LogP contribution in [-0.4, -0.2) is 104 Å². The molecule has 0 aliphatic rings. The molecule has 42 heavy (non-hydrogen) atoms. The molecule has 0 spiro atoms. The summed E-state index contributed by atoms with van der Waals surface area (Å²) in [6.07, 6.45) is 0.528. The minimum absolute atomic E-state index is 0.00402. The van der Waals surface area contributed by atoms with Gasteiger partial charge in [0, 0.05) is 49.4 Å². The second-order valence-corrected chi connectivity index (χ2v) is 10.8. The Bertz CT molecular complexity index is 881. The van der Waals surface area contributed by atoms with Crippen LogP contribution in [0.5, 0.6) is 0 Å². The predicted octanol–water partition coefficient (Wildman–Crippen LogP) is 1.38. The summed E-state index contributed by atoms with van der Waals surface area (Å²) >= 11 is 0. The molecule has 0 fully saturated rings. The Morgan fingerprint density at radius 2 is 1.31 bits per heavy atom. The van der Waals surface area contributed by atoms with Crippen LogP contribution in [0.4, 0.5) is 0 Å². The number of rotatable bonds is 25. The SMILES string of the molecule is CC(C)(CCN=[N+]=[N-])OCCC(C)(C)C(=O)NC(COCCC(=O)NCCC(=O)O)COCCC(=O)NCCC(=O)O. The summed E-state index contributed by atoms with van der Waals surface area (Å²) in [5, 5.41) is 28.6. The third-order valence-electron chi connectivity index (χ3n) is 5.95. The number of amides is 3. The molecule has 0 aromatic rings.